The normalized spacial score (nSPS) is 16.1. The number of anilines is 2. The second kappa shape index (κ2) is 8.56. The lowest BCUT2D eigenvalue weighted by Gasteiger charge is -2.20. The summed E-state index contributed by atoms with van der Waals surface area (Å²) in [6.07, 6.45) is 0.957. The third-order valence-corrected chi connectivity index (χ3v) is 4.62. The summed E-state index contributed by atoms with van der Waals surface area (Å²) >= 11 is 0. The Bertz CT molecular complexity index is 896. The summed E-state index contributed by atoms with van der Waals surface area (Å²) in [6, 6.07) is 14.2. The Kier molecular flexibility index (Phi) is 5.93. The second-order valence-corrected chi connectivity index (χ2v) is 6.59. The molecule has 3 rings (SSSR count). The molecule has 1 fully saturated rings. The zero-order valence-electron chi connectivity index (χ0n) is 15.6. The first-order valence-corrected chi connectivity index (χ1v) is 9.11. The molecule has 2 N–H and O–H groups in total. The summed E-state index contributed by atoms with van der Waals surface area (Å²) in [7, 11) is 0. The maximum Gasteiger partial charge on any atom is 0.341 e. The molecular formula is C21H22N2O5. The van der Waals surface area contributed by atoms with Crippen LogP contribution in [0.3, 0.4) is 0 Å². The van der Waals surface area contributed by atoms with E-state index in [0.717, 1.165) is 17.7 Å². The van der Waals surface area contributed by atoms with E-state index in [1.165, 1.54) is 0 Å². The number of hydrogen-bond acceptors (Lipinski definition) is 4. The van der Waals surface area contributed by atoms with Crippen LogP contribution in [0, 0.1) is 5.92 Å². The summed E-state index contributed by atoms with van der Waals surface area (Å²) in [5.41, 5.74) is 2.42. The molecule has 0 aliphatic carbocycles. The van der Waals surface area contributed by atoms with Crippen molar-refractivity contribution < 1.29 is 24.2 Å². The van der Waals surface area contributed by atoms with Crippen molar-refractivity contribution in [3.8, 4) is 5.75 Å². The first-order chi connectivity index (χ1) is 13.5. The van der Waals surface area contributed by atoms with Crippen LogP contribution in [0.15, 0.2) is 48.5 Å². The van der Waals surface area contributed by atoms with Crippen LogP contribution in [0.4, 0.5) is 11.4 Å². The Hall–Kier alpha value is -3.35. The van der Waals surface area contributed by atoms with Gasteiger partial charge in [0.1, 0.15) is 5.75 Å². The summed E-state index contributed by atoms with van der Waals surface area (Å²) in [5, 5.41) is 11.5. The van der Waals surface area contributed by atoms with E-state index in [1.807, 2.05) is 31.2 Å². The Morgan fingerprint density at radius 1 is 1.21 bits per heavy atom. The highest BCUT2D eigenvalue weighted by molar-refractivity contribution is 6.03. The lowest BCUT2D eigenvalue weighted by molar-refractivity contribution is -0.139. The zero-order chi connectivity index (χ0) is 20.1. The minimum Gasteiger partial charge on any atom is -0.482 e. The highest BCUT2D eigenvalue weighted by atomic mass is 16.5. The first kappa shape index (κ1) is 19.4. The molecule has 0 spiro atoms. The van der Waals surface area contributed by atoms with Crippen LogP contribution in [-0.4, -0.2) is 36.0 Å². The zero-order valence-corrected chi connectivity index (χ0v) is 15.6. The number of rotatable bonds is 7. The molecule has 2 aromatic rings. The largest absolute Gasteiger partial charge is 0.482 e. The van der Waals surface area contributed by atoms with Crippen LogP contribution in [0.5, 0.6) is 5.75 Å². The molecule has 146 valence electrons. The fourth-order valence-electron chi connectivity index (χ4n) is 3.24. The number of aryl methyl sites for hydroxylation is 1. The molecule has 0 bridgehead atoms. The van der Waals surface area contributed by atoms with Gasteiger partial charge in [-0.3, -0.25) is 9.59 Å². The fourth-order valence-corrected chi connectivity index (χ4v) is 3.24. The van der Waals surface area contributed by atoms with E-state index in [4.69, 9.17) is 9.84 Å². The number of aliphatic carboxylic acids is 1. The number of carboxylic acids is 1. The number of carbonyl (C=O) groups excluding carboxylic acids is 2. The summed E-state index contributed by atoms with van der Waals surface area (Å²) in [6.45, 7) is 1.90. The topological polar surface area (TPSA) is 95.9 Å². The van der Waals surface area contributed by atoms with Crippen molar-refractivity contribution in [1.82, 2.24) is 0 Å². The number of amides is 2. The minimum atomic E-state index is -1.08. The van der Waals surface area contributed by atoms with Crippen molar-refractivity contribution in [2.45, 2.75) is 19.8 Å². The Morgan fingerprint density at radius 2 is 2.00 bits per heavy atom. The highest BCUT2D eigenvalue weighted by Gasteiger charge is 2.35. The molecule has 1 aliphatic rings. The Balaban J connectivity index is 1.67. The average Bonchev–Trinajstić information content (AvgIpc) is 3.08. The van der Waals surface area contributed by atoms with Crippen LogP contribution in [0.1, 0.15) is 18.9 Å². The quantitative estimate of drug-likeness (QED) is 0.768. The number of carbonyl (C=O) groups is 3. The molecule has 2 aromatic carbocycles. The van der Waals surface area contributed by atoms with Gasteiger partial charge in [0.25, 0.3) is 0 Å². The lowest BCUT2D eigenvalue weighted by Crippen LogP contribution is -2.28. The molecular weight excluding hydrogens is 360 g/mol. The van der Waals surface area contributed by atoms with Crippen LogP contribution in [-0.2, 0) is 20.8 Å². The van der Waals surface area contributed by atoms with Crippen molar-refractivity contribution in [1.29, 1.82) is 0 Å². The van der Waals surface area contributed by atoms with E-state index in [-0.39, 0.29) is 18.2 Å². The molecule has 0 aromatic heterocycles. The summed E-state index contributed by atoms with van der Waals surface area (Å²) in [4.78, 5) is 37.4. The van der Waals surface area contributed by atoms with Gasteiger partial charge in [-0.1, -0.05) is 31.2 Å². The lowest BCUT2D eigenvalue weighted by atomic mass is 10.1. The standard InChI is InChI=1S/C21H22N2O5/c1-2-14-6-3-4-9-18(14)23-12-15(10-19(23)24)21(27)22-16-7-5-8-17(11-16)28-13-20(25)26/h3-9,11,15H,2,10,12-13H2,1H3,(H,22,27)(H,25,26). The van der Waals surface area contributed by atoms with Gasteiger partial charge < -0.3 is 20.1 Å². The van der Waals surface area contributed by atoms with Gasteiger partial charge in [0.15, 0.2) is 6.61 Å². The van der Waals surface area contributed by atoms with Crippen molar-refractivity contribution in [3.63, 3.8) is 0 Å². The van der Waals surface area contributed by atoms with E-state index < -0.39 is 18.5 Å². The second-order valence-electron chi connectivity index (χ2n) is 6.59. The number of carboxylic acid groups (broad SMARTS) is 1. The van der Waals surface area contributed by atoms with Crippen LogP contribution >= 0.6 is 0 Å². The summed E-state index contributed by atoms with van der Waals surface area (Å²) in [5.74, 6) is -1.51. The Labute approximate surface area is 162 Å². The van der Waals surface area contributed by atoms with Gasteiger partial charge in [-0.05, 0) is 30.2 Å². The van der Waals surface area contributed by atoms with E-state index in [9.17, 15) is 14.4 Å². The van der Waals surface area contributed by atoms with Gasteiger partial charge in [0.05, 0.1) is 5.92 Å². The molecule has 1 saturated heterocycles. The monoisotopic (exact) mass is 382 g/mol. The Morgan fingerprint density at radius 3 is 2.75 bits per heavy atom. The molecule has 0 radical (unpaired) electrons. The molecule has 0 saturated carbocycles. The number of ether oxygens (including phenoxy) is 1. The van der Waals surface area contributed by atoms with Crippen molar-refractivity contribution in [2.24, 2.45) is 5.92 Å². The minimum absolute atomic E-state index is 0.0698. The third kappa shape index (κ3) is 4.49. The SMILES string of the molecule is CCc1ccccc1N1CC(C(=O)Nc2cccc(OCC(=O)O)c2)CC1=O. The smallest absolute Gasteiger partial charge is 0.341 e. The predicted molar refractivity (Wildman–Crippen MR) is 104 cm³/mol. The molecule has 1 heterocycles. The van der Waals surface area contributed by atoms with Gasteiger partial charge in [-0.15, -0.1) is 0 Å². The highest BCUT2D eigenvalue weighted by Crippen LogP contribution is 2.29. The molecule has 7 heteroatoms. The number of para-hydroxylation sites is 1. The predicted octanol–water partition coefficient (Wildman–Crippen LogP) is 2.70. The third-order valence-electron chi connectivity index (χ3n) is 4.62. The van der Waals surface area contributed by atoms with E-state index in [0.29, 0.717) is 18.0 Å². The molecule has 1 aliphatic heterocycles. The summed E-state index contributed by atoms with van der Waals surface area (Å²) < 4.78 is 5.12. The van der Waals surface area contributed by atoms with Gasteiger partial charge in [-0.25, -0.2) is 4.79 Å². The van der Waals surface area contributed by atoms with E-state index in [2.05, 4.69) is 5.32 Å². The number of nitrogens with zero attached hydrogens (tertiary/aromatic N) is 1. The number of nitrogens with one attached hydrogen (secondary N) is 1. The molecule has 1 atom stereocenters. The number of hydrogen-bond donors (Lipinski definition) is 2. The molecule has 28 heavy (non-hydrogen) atoms. The van der Waals surface area contributed by atoms with Crippen molar-refractivity contribution >= 4 is 29.2 Å². The van der Waals surface area contributed by atoms with E-state index in [1.54, 1.807) is 29.2 Å². The van der Waals surface area contributed by atoms with Crippen molar-refractivity contribution in [2.75, 3.05) is 23.4 Å². The van der Waals surface area contributed by atoms with Gasteiger partial charge in [0, 0.05) is 30.4 Å². The van der Waals surface area contributed by atoms with Crippen LogP contribution < -0.4 is 15.0 Å². The maximum atomic E-state index is 12.6. The van der Waals surface area contributed by atoms with Crippen molar-refractivity contribution in [3.05, 3.63) is 54.1 Å². The van der Waals surface area contributed by atoms with E-state index >= 15 is 0 Å². The number of benzene rings is 2. The van der Waals surface area contributed by atoms with Crippen LogP contribution in [0.25, 0.3) is 0 Å². The molecule has 2 amide bonds. The van der Waals surface area contributed by atoms with Gasteiger partial charge in [0.2, 0.25) is 11.8 Å². The fraction of sp³-hybridized carbons (Fsp3) is 0.286. The maximum absolute atomic E-state index is 12.6. The van der Waals surface area contributed by atoms with Gasteiger partial charge in [-0.2, -0.15) is 0 Å². The molecule has 1 unspecified atom stereocenters. The van der Waals surface area contributed by atoms with Gasteiger partial charge >= 0.3 is 5.97 Å². The molecule has 7 nitrogen and oxygen atoms in total. The average molecular weight is 382 g/mol. The van der Waals surface area contributed by atoms with Crippen LogP contribution in [0.2, 0.25) is 0 Å². The first-order valence-electron chi connectivity index (χ1n) is 9.11.